The Labute approximate surface area is 164 Å². The highest BCUT2D eigenvalue weighted by Gasteiger charge is 2.47. The minimum Gasteiger partial charge on any atom is -0.324 e. The average molecular weight is 383 g/mol. The van der Waals surface area contributed by atoms with Gasteiger partial charge in [-0.3, -0.25) is 9.59 Å². The summed E-state index contributed by atoms with van der Waals surface area (Å²) in [6, 6.07) is 16.1. The Hall–Kier alpha value is -2.33. The van der Waals surface area contributed by atoms with Gasteiger partial charge in [0.2, 0.25) is 5.91 Å². The van der Waals surface area contributed by atoms with Crippen molar-refractivity contribution < 1.29 is 9.59 Å². The lowest BCUT2D eigenvalue weighted by molar-refractivity contribution is -0.120. The van der Waals surface area contributed by atoms with Crippen LogP contribution in [0.2, 0.25) is 5.02 Å². The lowest BCUT2D eigenvalue weighted by atomic mass is 9.84. The van der Waals surface area contributed by atoms with E-state index in [1.54, 1.807) is 18.2 Å². The first-order valence-corrected chi connectivity index (χ1v) is 9.95. The molecule has 1 aliphatic heterocycles. The summed E-state index contributed by atoms with van der Waals surface area (Å²) in [5.41, 5.74) is 1.30. The SMILES string of the molecule is O=C(Nc1cccc(Cl)c1)C1CC2CCCCC2N1C(=O)c1ccccc1. The molecule has 27 heavy (non-hydrogen) atoms. The smallest absolute Gasteiger partial charge is 0.254 e. The predicted molar refractivity (Wildman–Crippen MR) is 107 cm³/mol. The number of nitrogens with zero attached hydrogens (tertiary/aromatic N) is 1. The molecule has 0 aromatic heterocycles. The Morgan fingerprint density at radius 2 is 1.78 bits per heavy atom. The molecule has 2 amide bonds. The van der Waals surface area contributed by atoms with Gasteiger partial charge in [-0.1, -0.05) is 48.7 Å². The summed E-state index contributed by atoms with van der Waals surface area (Å²) in [6.45, 7) is 0. The number of likely N-dealkylation sites (tertiary alicyclic amines) is 1. The van der Waals surface area contributed by atoms with Crippen molar-refractivity contribution in [3.8, 4) is 0 Å². The van der Waals surface area contributed by atoms with Crippen LogP contribution in [0.3, 0.4) is 0 Å². The third kappa shape index (κ3) is 3.72. The van der Waals surface area contributed by atoms with Crippen molar-refractivity contribution in [1.29, 1.82) is 0 Å². The van der Waals surface area contributed by atoms with Gasteiger partial charge >= 0.3 is 0 Å². The molecule has 0 bridgehead atoms. The Kier molecular flexibility index (Phi) is 5.17. The molecule has 2 aliphatic rings. The lowest BCUT2D eigenvalue weighted by Crippen LogP contribution is -2.47. The second-order valence-corrected chi connectivity index (χ2v) is 7.88. The number of nitrogens with one attached hydrogen (secondary N) is 1. The summed E-state index contributed by atoms with van der Waals surface area (Å²) in [6.07, 6.45) is 5.09. The van der Waals surface area contributed by atoms with Gasteiger partial charge in [-0.15, -0.1) is 0 Å². The molecular weight excluding hydrogens is 360 g/mol. The molecule has 2 aromatic rings. The molecule has 140 valence electrons. The molecule has 1 heterocycles. The van der Waals surface area contributed by atoms with Gasteiger partial charge in [0.15, 0.2) is 0 Å². The van der Waals surface area contributed by atoms with Crippen LogP contribution in [0.15, 0.2) is 54.6 Å². The Balaban J connectivity index is 1.60. The highest BCUT2D eigenvalue weighted by molar-refractivity contribution is 6.30. The maximum atomic E-state index is 13.2. The summed E-state index contributed by atoms with van der Waals surface area (Å²) in [4.78, 5) is 28.2. The van der Waals surface area contributed by atoms with Crippen LogP contribution in [0.4, 0.5) is 5.69 Å². The Bertz CT molecular complexity index is 839. The summed E-state index contributed by atoms with van der Waals surface area (Å²) >= 11 is 6.03. The van der Waals surface area contributed by atoms with E-state index in [0.29, 0.717) is 22.2 Å². The quantitative estimate of drug-likeness (QED) is 0.832. The van der Waals surface area contributed by atoms with E-state index < -0.39 is 6.04 Å². The number of amides is 2. The minimum absolute atomic E-state index is 0.0451. The van der Waals surface area contributed by atoms with Gasteiger partial charge in [0.05, 0.1) is 0 Å². The first-order valence-electron chi connectivity index (χ1n) is 9.57. The minimum atomic E-state index is -0.440. The summed E-state index contributed by atoms with van der Waals surface area (Å²) < 4.78 is 0. The number of halogens is 1. The standard InChI is InChI=1S/C22H23ClN2O2/c23-17-10-6-11-18(14-17)24-21(26)20-13-16-9-4-5-12-19(16)25(20)22(27)15-7-2-1-3-8-15/h1-3,6-8,10-11,14,16,19-20H,4-5,9,12-13H2,(H,24,26). The lowest BCUT2D eigenvalue weighted by Gasteiger charge is -2.33. The first kappa shape index (κ1) is 18.1. The van der Waals surface area contributed by atoms with E-state index in [-0.39, 0.29) is 17.9 Å². The van der Waals surface area contributed by atoms with Gasteiger partial charge in [-0.05, 0) is 55.5 Å². The second kappa shape index (κ2) is 7.73. The Morgan fingerprint density at radius 3 is 2.56 bits per heavy atom. The average Bonchev–Trinajstić information content (AvgIpc) is 3.08. The maximum Gasteiger partial charge on any atom is 0.254 e. The maximum absolute atomic E-state index is 13.2. The van der Waals surface area contributed by atoms with E-state index in [9.17, 15) is 9.59 Å². The number of carbonyl (C=O) groups is 2. The molecule has 1 N–H and O–H groups in total. The zero-order chi connectivity index (χ0) is 18.8. The molecule has 1 aliphatic carbocycles. The number of fused-ring (bicyclic) bond motifs is 1. The van der Waals surface area contributed by atoms with Gasteiger partial charge in [0.25, 0.3) is 5.91 Å². The molecule has 4 rings (SSSR count). The molecule has 4 nitrogen and oxygen atoms in total. The van der Waals surface area contributed by atoms with Gasteiger partial charge in [-0.2, -0.15) is 0 Å². The number of hydrogen-bond acceptors (Lipinski definition) is 2. The number of carbonyl (C=O) groups excluding carboxylic acids is 2. The number of anilines is 1. The van der Waals surface area contributed by atoms with Crippen LogP contribution >= 0.6 is 11.6 Å². The van der Waals surface area contributed by atoms with Crippen LogP contribution in [0.25, 0.3) is 0 Å². The van der Waals surface area contributed by atoms with Crippen LogP contribution in [-0.4, -0.2) is 28.8 Å². The van der Waals surface area contributed by atoms with Crippen molar-refractivity contribution in [1.82, 2.24) is 4.90 Å². The van der Waals surface area contributed by atoms with Crippen LogP contribution in [0, 0.1) is 5.92 Å². The molecule has 1 saturated heterocycles. The van der Waals surface area contributed by atoms with Crippen LogP contribution < -0.4 is 5.32 Å². The van der Waals surface area contributed by atoms with Crippen molar-refractivity contribution in [2.24, 2.45) is 5.92 Å². The van der Waals surface area contributed by atoms with Gasteiger partial charge in [-0.25, -0.2) is 0 Å². The zero-order valence-corrected chi connectivity index (χ0v) is 15.9. The van der Waals surface area contributed by atoms with Crippen molar-refractivity contribution in [3.63, 3.8) is 0 Å². The van der Waals surface area contributed by atoms with Crippen molar-refractivity contribution in [2.75, 3.05) is 5.32 Å². The first-order chi connectivity index (χ1) is 13.1. The number of rotatable bonds is 3. The predicted octanol–water partition coefficient (Wildman–Crippen LogP) is 4.75. The molecular formula is C22H23ClN2O2. The van der Waals surface area contributed by atoms with Crippen LogP contribution in [0.5, 0.6) is 0 Å². The number of hydrogen-bond donors (Lipinski definition) is 1. The van der Waals surface area contributed by atoms with Crippen molar-refractivity contribution in [2.45, 2.75) is 44.2 Å². The van der Waals surface area contributed by atoms with Gasteiger partial charge in [0, 0.05) is 22.3 Å². The van der Waals surface area contributed by atoms with Crippen molar-refractivity contribution in [3.05, 3.63) is 65.2 Å². The molecule has 3 unspecified atom stereocenters. The molecule has 2 fully saturated rings. The Morgan fingerprint density at radius 1 is 1.00 bits per heavy atom. The molecule has 3 atom stereocenters. The third-order valence-corrected chi connectivity index (χ3v) is 5.97. The zero-order valence-electron chi connectivity index (χ0n) is 15.1. The molecule has 0 spiro atoms. The highest BCUT2D eigenvalue weighted by atomic mass is 35.5. The summed E-state index contributed by atoms with van der Waals surface area (Å²) in [5, 5.41) is 3.53. The highest BCUT2D eigenvalue weighted by Crippen LogP contribution is 2.40. The largest absolute Gasteiger partial charge is 0.324 e. The molecule has 1 saturated carbocycles. The van der Waals surface area contributed by atoms with E-state index in [0.717, 1.165) is 25.7 Å². The van der Waals surface area contributed by atoms with Gasteiger partial charge < -0.3 is 10.2 Å². The van der Waals surface area contributed by atoms with E-state index in [4.69, 9.17) is 11.6 Å². The summed E-state index contributed by atoms with van der Waals surface area (Å²) in [5.74, 6) is 0.230. The van der Waals surface area contributed by atoms with Crippen molar-refractivity contribution >= 4 is 29.1 Å². The monoisotopic (exact) mass is 382 g/mol. The topological polar surface area (TPSA) is 49.4 Å². The van der Waals surface area contributed by atoms with E-state index >= 15 is 0 Å². The molecule has 5 heteroatoms. The normalized spacial score (nSPS) is 24.3. The van der Waals surface area contributed by atoms with Crippen LogP contribution in [0.1, 0.15) is 42.5 Å². The fraction of sp³-hybridized carbons (Fsp3) is 0.364. The second-order valence-electron chi connectivity index (χ2n) is 7.44. The summed E-state index contributed by atoms with van der Waals surface area (Å²) in [7, 11) is 0. The molecule has 0 radical (unpaired) electrons. The fourth-order valence-electron chi connectivity index (χ4n) is 4.51. The van der Waals surface area contributed by atoms with Crippen LogP contribution in [-0.2, 0) is 4.79 Å². The van der Waals surface area contributed by atoms with E-state index in [1.165, 1.54) is 6.42 Å². The van der Waals surface area contributed by atoms with E-state index in [1.807, 2.05) is 41.3 Å². The fourth-order valence-corrected chi connectivity index (χ4v) is 4.70. The third-order valence-electron chi connectivity index (χ3n) is 5.74. The van der Waals surface area contributed by atoms with E-state index in [2.05, 4.69) is 5.32 Å². The van der Waals surface area contributed by atoms with Gasteiger partial charge in [0.1, 0.15) is 6.04 Å². The number of benzene rings is 2. The molecule has 2 aromatic carbocycles.